The number of nitrogens with two attached hydrogens (primary N) is 1. The Morgan fingerprint density at radius 1 is 1.41 bits per heavy atom. The summed E-state index contributed by atoms with van der Waals surface area (Å²) < 4.78 is 5.25. The molecule has 0 bridgehead atoms. The van der Waals surface area contributed by atoms with Gasteiger partial charge in [0, 0.05) is 31.4 Å². The van der Waals surface area contributed by atoms with Crippen molar-refractivity contribution in [2.24, 2.45) is 5.73 Å². The molecule has 2 rings (SSSR count). The van der Waals surface area contributed by atoms with Gasteiger partial charge in [-0.15, -0.1) is 0 Å². The SMILES string of the molecule is CCOc1ccc(C(=O)NC2CCN(CC(N)=O)CC2)cn1. The van der Waals surface area contributed by atoms with Crippen molar-refractivity contribution >= 4 is 11.8 Å². The van der Waals surface area contributed by atoms with E-state index in [1.54, 1.807) is 12.1 Å². The van der Waals surface area contributed by atoms with Crippen LogP contribution in [-0.4, -0.2) is 54.0 Å². The summed E-state index contributed by atoms with van der Waals surface area (Å²) in [6.45, 7) is 4.23. The summed E-state index contributed by atoms with van der Waals surface area (Å²) >= 11 is 0. The molecule has 1 aliphatic heterocycles. The molecule has 1 fully saturated rings. The van der Waals surface area contributed by atoms with Gasteiger partial charge >= 0.3 is 0 Å². The quantitative estimate of drug-likeness (QED) is 0.780. The summed E-state index contributed by atoms with van der Waals surface area (Å²) in [5.74, 6) is 0.0608. The third-order valence-electron chi connectivity index (χ3n) is 3.59. The van der Waals surface area contributed by atoms with Gasteiger partial charge in [-0.3, -0.25) is 14.5 Å². The largest absolute Gasteiger partial charge is 0.478 e. The zero-order valence-electron chi connectivity index (χ0n) is 12.7. The number of carbonyl (C=O) groups is 2. The lowest BCUT2D eigenvalue weighted by atomic mass is 10.0. The van der Waals surface area contributed by atoms with Crippen LogP contribution in [0.2, 0.25) is 0 Å². The molecule has 120 valence electrons. The number of hydrogen-bond donors (Lipinski definition) is 2. The van der Waals surface area contributed by atoms with Gasteiger partial charge in [-0.2, -0.15) is 0 Å². The summed E-state index contributed by atoms with van der Waals surface area (Å²) in [5, 5.41) is 3.00. The molecule has 1 aromatic heterocycles. The van der Waals surface area contributed by atoms with E-state index in [0.717, 1.165) is 25.9 Å². The number of pyridine rings is 1. The van der Waals surface area contributed by atoms with E-state index in [-0.39, 0.29) is 24.4 Å². The van der Waals surface area contributed by atoms with Crippen molar-refractivity contribution in [3.63, 3.8) is 0 Å². The maximum absolute atomic E-state index is 12.2. The zero-order valence-corrected chi connectivity index (χ0v) is 12.7. The van der Waals surface area contributed by atoms with Gasteiger partial charge in [-0.05, 0) is 25.8 Å². The van der Waals surface area contributed by atoms with Crippen LogP contribution >= 0.6 is 0 Å². The molecule has 0 saturated carbocycles. The van der Waals surface area contributed by atoms with Crippen LogP contribution in [-0.2, 0) is 4.79 Å². The van der Waals surface area contributed by atoms with E-state index in [9.17, 15) is 9.59 Å². The summed E-state index contributed by atoms with van der Waals surface area (Å²) in [6, 6.07) is 3.51. The predicted molar refractivity (Wildman–Crippen MR) is 81.5 cm³/mol. The van der Waals surface area contributed by atoms with Crippen molar-refractivity contribution in [2.75, 3.05) is 26.2 Å². The topological polar surface area (TPSA) is 97.5 Å². The average molecular weight is 306 g/mol. The van der Waals surface area contributed by atoms with Crippen LogP contribution in [0.5, 0.6) is 5.88 Å². The standard InChI is InChI=1S/C15H22N4O3/c1-2-22-14-4-3-11(9-17-14)15(21)18-12-5-7-19(8-6-12)10-13(16)20/h3-4,9,12H,2,5-8,10H2,1H3,(H2,16,20)(H,18,21). The fourth-order valence-corrected chi connectivity index (χ4v) is 2.47. The van der Waals surface area contributed by atoms with Gasteiger partial charge in [0.05, 0.1) is 18.7 Å². The molecular weight excluding hydrogens is 284 g/mol. The predicted octanol–water partition coefficient (Wildman–Crippen LogP) is 0.160. The number of carbonyl (C=O) groups excluding carboxylic acids is 2. The first kappa shape index (κ1) is 16.2. The fourth-order valence-electron chi connectivity index (χ4n) is 2.47. The molecule has 1 saturated heterocycles. The van der Waals surface area contributed by atoms with Crippen LogP contribution in [0.1, 0.15) is 30.1 Å². The first-order chi connectivity index (χ1) is 10.6. The van der Waals surface area contributed by atoms with E-state index >= 15 is 0 Å². The monoisotopic (exact) mass is 306 g/mol. The highest BCUT2D eigenvalue weighted by Crippen LogP contribution is 2.12. The van der Waals surface area contributed by atoms with Gasteiger partial charge in [0.15, 0.2) is 0 Å². The molecular formula is C15H22N4O3. The first-order valence-corrected chi connectivity index (χ1v) is 7.49. The van der Waals surface area contributed by atoms with Crippen LogP contribution < -0.4 is 15.8 Å². The second kappa shape index (κ2) is 7.74. The van der Waals surface area contributed by atoms with E-state index in [1.807, 2.05) is 11.8 Å². The van der Waals surface area contributed by atoms with Crippen molar-refractivity contribution in [2.45, 2.75) is 25.8 Å². The number of ether oxygens (including phenoxy) is 1. The van der Waals surface area contributed by atoms with E-state index in [1.165, 1.54) is 6.20 Å². The van der Waals surface area contributed by atoms with Gasteiger partial charge in [0.25, 0.3) is 5.91 Å². The van der Waals surface area contributed by atoms with E-state index < -0.39 is 0 Å². The van der Waals surface area contributed by atoms with Crippen LogP contribution in [0.15, 0.2) is 18.3 Å². The molecule has 2 heterocycles. The molecule has 1 aliphatic rings. The van der Waals surface area contributed by atoms with Crippen molar-refractivity contribution in [3.05, 3.63) is 23.9 Å². The molecule has 0 aromatic carbocycles. The smallest absolute Gasteiger partial charge is 0.253 e. The van der Waals surface area contributed by atoms with E-state index in [2.05, 4.69) is 10.3 Å². The van der Waals surface area contributed by atoms with Crippen molar-refractivity contribution in [3.8, 4) is 5.88 Å². The molecule has 0 atom stereocenters. The van der Waals surface area contributed by atoms with Crippen molar-refractivity contribution in [1.29, 1.82) is 0 Å². The van der Waals surface area contributed by atoms with Gasteiger partial charge in [0.1, 0.15) is 0 Å². The third kappa shape index (κ3) is 4.70. The molecule has 1 aromatic rings. The Hall–Kier alpha value is -2.15. The fraction of sp³-hybridized carbons (Fsp3) is 0.533. The number of amides is 2. The molecule has 22 heavy (non-hydrogen) atoms. The van der Waals surface area contributed by atoms with Crippen molar-refractivity contribution in [1.82, 2.24) is 15.2 Å². The number of primary amides is 1. The normalized spacial score (nSPS) is 16.2. The Morgan fingerprint density at radius 3 is 2.68 bits per heavy atom. The minimum atomic E-state index is -0.317. The summed E-state index contributed by atoms with van der Waals surface area (Å²) in [6.07, 6.45) is 3.13. The third-order valence-corrected chi connectivity index (χ3v) is 3.59. The van der Waals surface area contributed by atoms with E-state index in [4.69, 9.17) is 10.5 Å². The number of hydrogen-bond acceptors (Lipinski definition) is 5. The number of aromatic nitrogens is 1. The maximum atomic E-state index is 12.2. The molecule has 2 amide bonds. The lowest BCUT2D eigenvalue weighted by Gasteiger charge is -2.31. The minimum absolute atomic E-state index is 0.114. The highest BCUT2D eigenvalue weighted by molar-refractivity contribution is 5.94. The maximum Gasteiger partial charge on any atom is 0.253 e. The number of nitrogens with one attached hydrogen (secondary N) is 1. The molecule has 0 radical (unpaired) electrons. The summed E-state index contributed by atoms with van der Waals surface area (Å²) in [5.41, 5.74) is 5.70. The Morgan fingerprint density at radius 2 is 2.14 bits per heavy atom. The number of nitrogens with zero attached hydrogens (tertiary/aromatic N) is 2. The Kier molecular flexibility index (Phi) is 5.71. The summed E-state index contributed by atoms with van der Waals surface area (Å²) in [4.78, 5) is 29.1. The number of likely N-dealkylation sites (tertiary alicyclic amines) is 1. The van der Waals surface area contributed by atoms with Crippen molar-refractivity contribution < 1.29 is 14.3 Å². The molecule has 7 heteroatoms. The second-order valence-electron chi connectivity index (χ2n) is 5.31. The van der Waals surface area contributed by atoms with Crippen LogP contribution in [0.4, 0.5) is 0 Å². The molecule has 7 nitrogen and oxygen atoms in total. The minimum Gasteiger partial charge on any atom is -0.478 e. The second-order valence-corrected chi connectivity index (χ2v) is 5.31. The van der Waals surface area contributed by atoms with Gasteiger partial charge < -0.3 is 15.8 Å². The highest BCUT2D eigenvalue weighted by atomic mass is 16.5. The van der Waals surface area contributed by atoms with Gasteiger partial charge in [-0.1, -0.05) is 0 Å². The highest BCUT2D eigenvalue weighted by Gasteiger charge is 2.21. The van der Waals surface area contributed by atoms with Crippen LogP contribution in [0.25, 0.3) is 0 Å². The van der Waals surface area contributed by atoms with E-state index in [0.29, 0.717) is 18.1 Å². The first-order valence-electron chi connectivity index (χ1n) is 7.49. The van der Waals surface area contributed by atoms with Crippen LogP contribution in [0, 0.1) is 0 Å². The van der Waals surface area contributed by atoms with Gasteiger partial charge in [0.2, 0.25) is 11.8 Å². The Balaban J connectivity index is 1.81. The van der Waals surface area contributed by atoms with Crippen LogP contribution in [0.3, 0.4) is 0 Å². The molecule has 3 N–H and O–H groups in total. The Labute approximate surface area is 129 Å². The summed E-state index contributed by atoms with van der Waals surface area (Å²) in [7, 11) is 0. The lowest BCUT2D eigenvalue weighted by molar-refractivity contribution is -0.119. The average Bonchev–Trinajstić information content (AvgIpc) is 2.50. The number of rotatable bonds is 6. The Bertz CT molecular complexity index is 510. The zero-order chi connectivity index (χ0) is 15.9. The number of piperidine rings is 1. The molecule has 0 unspecified atom stereocenters. The lowest BCUT2D eigenvalue weighted by Crippen LogP contribution is -2.46. The molecule has 0 spiro atoms. The van der Waals surface area contributed by atoms with Gasteiger partial charge in [-0.25, -0.2) is 4.98 Å². The molecule has 0 aliphatic carbocycles.